The Kier molecular flexibility index (Phi) is 4.64. The van der Waals surface area contributed by atoms with Gasteiger partial charge in [-0.25, -0.2) is 4.98 Å². The summed E-state index contributed by atoms with van der Waals surface area (Å²) in [7, 11) is 3.57. The molecule has 0 saturated heterocycles. The second-order valence-electron chi connectivity index (χ2n) is 4.32. The molecule has 2 aromatic heterocycles. The van der Waals surface area contributed by atoms with E-state index in [-0.39, 0.29) is 6.04 Å². The summed E-state index contributed by atoms with van der Waals surface area (Å²) in [5.41, 5.74) is 0.835. The van der Waals surface area contributed by atoms with Crippen molar-refractivity contribution in [1.82, 2.24) is 25.0 Å². The van der Waals surface area contributed by atoms with E-state index in [0.29, 0.717) is 24.7 Å². The topological polar surface area (TPSA) is 78.0 Å². The maximum Gasteiger partial charge on any atom is 0.228 e. The largest absolute Gasteiger partial charge is 0.383 e. The maximum absolute atomic E-state index is 5.27. The Bertz CT molecular complexity index is 502. The van der Waals surface area contributed by atoms with Crippen LogP contribution < -0.4 is 5.32 Å². The number of rotatable bonds is 7. The van der Waals surface area contributed by atoms with E-state index in [0.717, 1.165) is 12.2 Å². The Morgan fingerprint density at radius 2 is 2.37 bits per heavy atom. The molecule has 0 aliphatic carbocycles. The molecule has 104 valence electrons. The van der Waals surface area contributed by atoms with Crippen molar-refractivity contribution in [2.75, 3.05) is 20.3 Å². The number of nitrogens with one attached hydrogen (secondary N) is 1. The number of likely N-dealkylation sites (N-methyl/N-ethyl adjacent to an activating group) is 1. The van der Waals surface area contributed by atoms with Crippen LogP contribution in [-0.2, 0) is 18.2 Å². The molecule has 1 unspecified atom stereocenters. The lowest BCUT2D eigenvalue weighted by atomic mass is 10.2. The molecule has 0 fully saturated rings. The van der Waals surface area contributed by atoms with Crippen LogP contribution in [0.5, 0.6) is 0 Å². The third-order valence-corrected chi connectivity index (χ3v) is 2.80. The summed E-state index contributed by atoms with van der Waals surface area (Å²) in [5.74, 6) is 1.15. The van der Waals surface area contributed by atoms with Gasteiger partial charge in [-0.1, -0.05) is 12.1 Å². The van der Waals surface area contributed by atoms with Gasteiger partial charge in [-0.05, 0) is 6.54 Å². The minimum Gasteiger partial charge on any atom is -0.383 e. The first-order valence-electron chi connectivity index (χ1n) is 6.26. The van der Waals surface area contributed by atoms with Crippen molar-refractivity contribution < 1.29 is 9.26 Å². The number of aromatic nitrogens is 4. The van der Waals surface area contributed by atoms with Crippen molar-refractivity contribution in [1.29, 1.82) is 0 Å². The Hall–Kier alpha value is -1.73. The summed E-state index contributed by atoms with van der Waals surface area (Å²) in [4.78, 5) is 8.42. The Labute approximate surface area is 112 Å². The molecule has 2 rings (SSSR count). The average molecular weight is 265 g/mol. The van der Waals surface area contributed by atoms with Crippen LogP contribution in [0.25, 0.3) is 11.5 Å². The molecule has 2 aromatic rings. The fourth-order valence-corrected chi connectivity index (χ4v) is 1.91. The molecule has 0 aliphatic heterocycles. The van der Waals surface area contributed by atoms with Crippen LogP contribution in [0.3, 0.4) is 0 Å². The van der Waals surface area contributed by atoms with Crippen molar-refractivity contribution in [3.05, 3.63) is 18.4 Å². The van der Waals surface area contributed by atoms with Crippen molar-refractivity contribution in [2.45, 2.75) is 19.4 Å². The second kappa shape index (κ2) is 6.44. The van der Waals surface area contributed by atoms with Crippen LogP contribution in [0.1, 0.15) is 12.8 Å². The molecule has 0 bridgehead atoms. The normalized spacial score (nSPS) is 12.8. The van der Waals surface area contributed by atoms with Gasteiger partial charge in [-0.2, -0.15) is 4.98 Å². The number of ether oxygens (including phenoxy) is 1. The fraction of sp³-hybridized carbons (Fsp3) is 0.583. The molecule has 0 saturated carbocycles. The predicted molar refractivity (Wildman–Crippen MR) is 69.5 cm³/mol. The lowest BCUT2D eigenvalue weighted by Gasteiger charge is -2.14. The fourth-order valence-electron chi connectivity index (χ4n) is 1.91. The van der Waals surface area contributed by atoms with Gasteiger partial charge in [0.15, 0.2) is 0 Å². The Morgan fingerprint density at radius 1 is 1.53 bits per heavy atom. The maximum atomic E-state index is 5.27. The van der Waals surface area contributed by atoms with Crippen LogP contribution in [0, 0.1) is 0 Å². The molecule has 1 atom stereocenters. The summed E-state index contributed by atoms with van der Waals surface area (Å²) in [6.45, 7) is 3.53. The molecule has 7 nitrogen and oxygen atoms in total. The van der Waals surface area contributed by atoms with E-state index < -0.39 is 0 Å². The molecule has 0 amide bonds. The molecular formula is C12H19N5O2. The number of imidazole rings is 1. The molecule has 7 heteroatoms. The van der Waals surface area contributed by atoms with Crippen LogP contribution in [0.4, 0.5) is 0 Å². The van der Waals surface area contributed by atoms with Gasteiger partial charge in [0.05, 0.1) is 19.1 Å². The zero-order chi connectivity index (χ0) is 13.7. The van der Waals surface area contributed by atoms with Gasteiger partial charge in [0.2, 0.25) is 11.7 Å². The zero-order valence-corrected chi connectivity index (χ0v) is 11.5. The molecule has 0 aromatic carbocycles. The van der Waals surface area contributed by atoms with E-state index in [1.165, 1.54) is 0 Å². The van der Waals surface area contributed by atoms with Gasteiger partial charge in [-0.15, -0.1) is 0 Å². The first-order valence-corrected chi connectivity index (χ1v) is 6.26. The minimum absolute atomic E-state index is 0.176. The summed E-state index contributed by atoms with van der Waals surface area (Å²) < 4.78 is 12.3. The Morgan fingerprint density at radius 3 is 3.00 bits per heavy atom. The Balaban J connectivity index is 2.06. The third kappa shape index (κ3) is 3.39. The standard InChI is InChI=1S/C12H19N5O2/c1-4-14-9(7-18-3)5-11-15-12(16-19-11)10-6-13-8-17(10)2/h6,8-9,14H,4-5,7H2,1-3H3. The van der Waals surface area contributed by atoms with Crippen molar-refractivity contribution >= 4 is 0 Å². The van der Waals surface area contributed by atoms with Gasteiger partial charge >= 0.3 is 0 Å². The lowest BCUT2D eigenvalue weighted by molar-refractivity contribution is 0.162. The summed E-state index contributed by atoms with van der Waals surface area (Å²) >= 11 is 0. The molecule has 2 heterocycles. The smallest absolute Gasteiger partial charge is 0.228 e. The minimum atomic E-state index is 0.176. The van der Waals surface area contributed by atoms with E-state index >= 15 is 0 Å². The lowest BCUT2D eigenvalue weighted by Crippen LogP contribution is -2.35. The highest BCUT2D eigenvalue weighted by atomic mass is 16.5. The number of hydrogen-bond donors (Lipinski definition) is 1. The quantitative estimate of drug-likeness (QED) is 0.791. The van der Waals surface area contributed by atoms with E-state index in [9.17, 15) is 0 Å². The van der Waals surface area contributed by atoms with Crippen LogP contribution in [0.2, 0.25) is 0 Å². The molecular weight excluding hydrogens is 246 g/mol. The SMILES string of the molecule is CCNC(COC)Cc1nc(-c2cncn2C)no1. The molecule has 19 heavy (non-hydrogen) atoms. The zero-order valence-electron chi connectivity index (χ0n) is 11.5. The van der Waals surface area contributed by atoms with Crippen molar-refractivity contribution in [3.8, 4) is 11.5 Å². The average Bonchev–Trinajstić information content (AvgIpc) is 2.98. The highest BCUT2D eigenvalue weighted by Gasteiger charge is 2.15. The van der Waals surface area contributed by atoms with E-state index in [2.05, 4.69) is 27.4 Å². The van der Waals surface area contributed by atoms with Crippen molar-refractivity contribution in [3.63, 3.8) is 0 Å². The number of methoxy groups -OCH3 is 1. The molecule has 1 N–H and O–H groups in total. The van der Waals surface area contributed by atoms with Crippen molar-refractivity contribution in [2.24, 2.45) is 7.05 Å². The molecule has 0 radical (unpaired) electrons. The van der Waals surface area contributed by atoms with Crippen LogP contribution >= 0.6 is 0 Å². The number of nitrogens with zero attached hydrogens (tertiary/aromatic N) is 4. The predicted octanol–water partition coefficient (Wildman–Crippen LogP) is 0.637. The summed E-state index contributed by atoms with van der Waals surface area (Å²) in [6.07, 6.45) is 4.07. The molecule has 0 aliphatic rings. The number of aryl methyl sites for hydroxylation is 1. The first kappa shape index (κ1) is 13.7. The highest BCUT2D eigenvalue weighted by Crippen LogP contribution is 2.14. The third-order valence-electron chi connectivity index (χ3n) is 2.80. The van der Waals surface area contributed by atoms with Gasteiger partial charge < -0.3 is 19.1 Å². The highest BCUT2D eigenvalue weighted by molar-refractivity contribution is 5.46. The number of hydrogen-bond acceptors (Lipinski definition) is 6. The van der Waals surface area contributed by atoms with Gasteiger partial charge in [0.25, 0.3) is 0 Å². The summed E-state index contributed by atoms with van der Waals surface area (Å²) in [5, 5.41) is 7.29. The van der Waals surface area contributed by atoms with E-state index in [4.69, 9.17) is 9.26 Å². The van der Waals surface area contributed by atoms with Crippen LogP contribution in [-0.4, -0.2) is 46.0 Å². The molecule has 0 spiro atoms. The van der Waals surface area contributed by atoms with Gasteiger partial charge in [0.1, 0.15) is 5.69 Å². The summed E-state index contributed by atoms with van der Waals surface area (Å²) in [6, 6.07) is 0.176. The monoisotopic (exact) mass is 265 g/mol. The van der Waals surface area contributed by atoms with E-state index in [1.807, 2.05) is 11.6 Å². The van der Waals surface area contributed by atoms with E-state index in [1.54, 1.807) is 19.6 Å². The second-order valence-corrected chi connectivity index (χ2v) is 4.32. The van der Waals surface area contributed by atoms with Gasteiger partial charge in [0, 0.05) is 26.6 Å². The van der Waals surface area contributed by atoms with Gasteiger partial charge in [-0.3, -0.25) is 0 Å². The van der Waals surface area contributed by atoms with Crippen LogP contribution in [0.15, 0.2) is 17.0 Å². The first-order chi connectivity index (χ1) is 9.24.